The molecule has 0 radical (unpaired) electrons. The molecule has 2 heteroatoms. The third-order valence-corrected chi connectivity index (χ3v) is 1.43. The second-order valence-corrected chi connectivity index (χ2v) is 2.00. The lowest BCUT2D eigenvalue weighted by atomic mass is 10.1. The van der Waals surface area contributed by atoms with Crippen molar-refractivity contribution in [2.75, 3.05) is 5.88 Å². The highest BCUT2D eigenvalue weighted by Gasteiger charge is 2.01. The van der Waals surface area contributed by atoms with Crippen LogP contribution in [0.5, 0.6) is 0 Å². The zero-order chi connectivity index (χ0) is 6.57. The topological polar surface area (TPSA) is 23.8 Å². The van der Waals surface area contributed by atoms with E-state index < -0.39 is 0 Å². The summed E-state index contributed by atoms with van der Waals surface area (Å²) in [5, 5.41) is 8.23. The first-order valence-electron chi connectivity index (χ1n) is 2.37. The Morgan fingerprint density at radius 1 is 2.00 bits per heavy atom. The van der Waals surface area contributed by atoms with Gasteiger partial charge in [0.15, 0.2) is 0 Å². The van der Waals surface area contributed by atoms with E-state index >= 15 is 0 Å². The van der Waals surface area contributed by atoms with Gasteiger partial charge in [0.2, 0.25) is 0 Å². The molecule has 0 spiro atoms. The molecule has 1 nitrogen and oxygen atoms in total. The van der Waals surface area contributed by atoms with Crippen LogP contribution in [-0.2, 0) is 0 Å². The highest BCUT2D eigenvalue weighted by Crippen LogP contribution is 2.07. The minimum Gasteiger partial charge on any atom is -0.193 e. The molecule has 8 heavy (non-hydrogen) atoms. The fraction of sp³-hybridized carbons (Fsp3) is 0.500. The number of allylic oxidation sites excluding steroid dienone is 1. The predicted molar refractivity (Wildman–Crippen MR) is 34.6 cm³/mol. The number of nitrogens with zero attached hydrogens (tertiary/aromatic N) is 1. The van der Waals surface area contributed by atoms with Gasteiger partial charge in [-0.25, -0.2) is 0 Å². The van der Waals surface area contributed by atoms with Crippen LogP contribution in [0.15, 0.2) is 12.2 Å². The molecule has 0 fully saturated rings. The number of halogens is 1. The molecular weight excluding hydrogens is 122 g/mol. The van der Waals surface area contributed by atoms with Crippen LogP contribution in [0.4, 0.5) is 0 Å². The smallest absolute Gasteiger partial charge is 0.0944 e. The normalized spacial score (nSPS) is 12.1. The van der Waals surface area contributed by atoms with Gasteiger partial charge < -0.3 is 0 Å². The van der Waals surface area contributed by atoms with Crippen molar-refractivity contribution in [3.05, 3.63) is 12.2 Å². The van der Waals surface area contributed by atoms with Gasteiger partial charge in [0.25, 0.3) is 0 Å². The maximum atomic E-state index is 8.23. The Hall–Kier alpha value is -0.480. The van der Waals surface area contributed by atoms with Gasteiger partial charge in [0.05, 0.1) is 6.07 Å². The maximum absolute atomic E-state index is 8.23. The Balaban J connectivity index is 3.68. The van der Waals surface area contributed by atoms with E-state index in [9.17, 15) is 0 Å². The molecule has 0 aromatic carbocycles. The average molecular weight is 130 g/mol. The molecule has 1 unspecified atom stereocenters. The van der Waals surface area contributed by atoms with Gasteiger partial charge in [-0.1, -0.05) is 13.5 Å². The van der Waals surface area contributed by atoms with Crippen molar-refractivity contribution in [1.82, 2.24) is 0 Å². The molecule has 0 saturated heterocycles. The molecule has 0 aromatic heterocycles. The van der Waals surface area contributed by atoms with Gasteiger partial charge in [-0.15, -0.1) is 11.6 Å². The molecule has 0 aliphatic heterocycles. The molecule has 0 N–H and O–H groups in total. The summed E-state index contributed by atoms with van der Waals surface area (Å²) in [6.07, 6.45) is 0. The number of alkyl halides is 1. The summed E-state index contributed by atoms with van der Waals surface area (Å²) in [6.45, 7) is 5.37. The number of hydrogen-bond acceptors (Lipinski definition) is 1. The van der Waals surface area contributed by atoms with Crippen LogP contribution < -0.4 is 0 Å². The van der Waals surface area contributed by atoms with Crippen molar-refractivity contribution in [3.63, 3.8) is 0 Å². The van der Waals surface area contributed by atoms with Crippen molar-refractivity contribution >= 4 is 11.6 Å². The number of nitriles is 1. The predicted octanol–water partition coefficient (Wildman–Crippen LogP) is 1.94. The van der Waals surface area contributed by atoms with Crippen LogP contribution >= 0.6 is 11.6 Å². The zero-order valence-corrected chi connectivity index (χ0v) is 5.57. The summed E-state index contributed by atoms with van der Waals surface area (Å²) in [5.74, 6) is 0.605. The number of hydrogen-bond donors (Lipinski definition) is 0. The molecule has 44 valence electrons. The average Bonchev–Trinajstić information content (AvgIpc) is 1.84. The van der Waals surface area contributed by atoms with Crippen molar-refractivity contribution in [3.8, 4) is 6.07 Å². The minimum absolute atomic E-state index is 0.127. The van der Waals surface area contributed by atoms with E-state index in [-0.39, 0.29) is 5.92 Å². The molecule has 0 aromatic rings. The SMILES string of the molecule is C=C(C#N)C(C)CCl. The fourth-order valence-electron chi connectivity index (χ4n) is 0.203. The van der Waals surface area contributed by atoms with E-state index in [4.69, 9.17) is 16.9 Å². The van der Waals surface area contributed by atoms with Crippen molar-refractivity contribution in [2.45, 2.75) is 6.92 Å². The monoisotopic (exact) mass is 129 g/mol. The highest BCUT2D eigenvalue weighted by molar-refractivity contribution is 6.18. The molecule has 0 heterocycles. The largest absolute Gasteiger partial charge is 0.193 e. The third kappa shape index (κ3) is 1.99. The summed E-state index contributed by atoms with van der Waals surface area (Å²) < 4.78 is 0. The van der Waals surface area contributed by atoms with E-state index in [1.165, 1.54) is 0 Å². The van der Waals surface area contributed by atoms with Crippen LogP contribution in [0.25, 0.3) is 0 Å². The molecule has 0 bridgehead atoms. The van der Waals surface area contributed by atoms with Crippen LogP contribution in [0.1, 0.15) is 6.92 Å². The van der Waals surface area contributed by atoms with Gasteiger partial charge >= 0.3 is 0 Å². The van der Waals surface area contributed by atoms with E-state index in [1.54, 1.807) is 0 Å². The van der Waals surface area contributed by atoms with Crippen molar-refractivity contribution in [2.24, 2.45) is 5.92 Å². The van der Waals surface area contributed by atoms with Crippen molar-refractivity contribution < 1.29 is 0 Å². The van der Waals surface area contributed by atoms with Crippen LogP contribution in [0.3, 0.4) is 0 Å². The summed E-state index contributed by atoms with van der Waals surface area (Å²) >= 11 is 5.41. The third-order valence-electron chi connectivity index (χ3n) is 0.970. The van der Waals surface area contributed by atoms with E-state index in [1.807, 2.05) is 13.0 Å². The van der Waals surface area contributed by atoms with Gasteiger partial charge in [0, 0.05) is 17.4 Å². The van der Waals surface area contributed by atoms with Crippen LogP contribution in [0.2, 0.25) is 0 Å². The van der Waals surface area contributed by atoms with Gasteiger partial charge in [-0.05, 0) is 0 Å². The first-order chi connectivity index (χ1) is 3.72. The summed E-state index contributed by atoms with van der Waals surface area (Å²) in [6, 6.07) is 1.94. The Morgan fingerprint density at radius 2 is 2.50 bits per heavy atom. The van der Waals surface area contributed by atoms with Gasteiger partial charge in [0.1, 0.15) is 0 Å². The molecule has 0 aliphatic rings. The van der Waals surface area contributed by atoms with Gasteiger partial charge in [-0.3, -0.25) is 0 Å². The Labute approximate surface area is 54.6 Å². The standard InChI is InChI=1S/C6H8ClN/c1-5(3-7)6(2)4-8/h5H,2-3H2,1H3. The van der Waals surface area contributed by atoms with E-state index in [0.29, 0.717) is 11.5 Å². The lowest BCUT2D eigenvalue weighted by molar-refractivity contribution is 0.808. The van der Waals surface area contributed by atoms with Gasteiger partial charge in [-0.2, -0.15) is 5.26 Å². The van der Waals surface area contributed by atoms with Crippen molar-refractivity contribution in [1.29, 1.82) is 5.26 Å². The van der Waals surface area contributed by atoms with Crippen LogP contribution in [-0.4, -0.2) is 5.88 Å². The first-order valence-corrected chi connectivity index (χ1v) is 2.90. The molecular formula is C6H8ClN. The Morgan fingerprint density at radius 3 is 2.62 bits per heavy atom. The fourth-order valence-corrected chi connectivity index (χ4v) is 0.390. The molecule has 1 atom stereocenters. The summed E-state index contributed by atoms with van der Waals surface area (Å²) in [7, 11) is 0. The second kappa shape index (κ2) is 3.51. The maximum Gasteiger partial charge on any atom is 0.0944 e. The quantitative estimate of drug-likeness (QED) is 0.413. The molecule has 0 aliphatic carbocycles. The summed E-state index contributed by atoms with van der Waals surface area (Å²) in [4.78, 5) is 0. The second-order valence-electron chi connectivity index (χ2n) is 1.69. The van der Waals surface area contributed by atoms with Crippen LogP contribution in [0, 0.1) is 17.2 Å². The molecule has 0 saturated carbocycles. The van der Waals surface area contributed by atoms with E-state index in [0.717, 1.165) is 0 Å². The lowest BCUT2D eigenvalue weighted by Crippen LogP contribution is -1.96. The minimum atomic E-state index is 0.127. The summed E-state index contributed by atoms with van der Waals surface area (Å²) in [5.41, 5.74) is 0.556. The zero-order valence-electron chi connectivity index (χ0n) is 4.82. The first kappa shape index (κ1) is 7.52. The highest BCUT2D eigenvalue weighted by atomic mass is 35.5. The number of rotatable bonds is 2. The van der Waals surface area contributed by atoms with E-state index in [2.05, 4.69) is 6.58 Å². The Kier molecular flexibility index (Phi) is 3.30. The lowest BCUT2D eigenvalue weighted by Gasteiger charge is -1.99. The Bertz CT molecular complexity index is 123. The molecule has 0 rings (SSSR count). The molecule has 0 amide bonds.